The molecule has 4 atom stereocenters. The van der Waals surface area contributed by atoms with Gasteiger partial charge in [-0.1, -0.05) is 13.8 Å². The van der Waals surface area contributed by atoms with Gasteiger partial charge in [0.25, 0.3) is 0 Å². The Bertz CT molecular complexity index is 448. The maximum absolute atomic E-state index is 13.0. The Kier molecular flexibility index (Phi) is 4.12. The van der Waals surface area contributed by atoms with Crippen molar-refractivity contribution in [2.75, 3.05) is 0 Å². The highest BCUT2D eigenvalue weighted by molar-refractivity contribution is 5.05. The van der Waals surface area contributed by atoms with Crippen molar-refractivity contribution in [3.63, 3.8) is 0 Å². The fourth-order valence-corrected chi connectivity index (χ4v) is 1.91. The first-order chi connectivity index (χ1) is 9.36. The Morgan fingerprint density at radius 1 is 0.773 bits per heavy atom. The number of ether oxygens (including phenoxy) is 2. The molecule has 1 saturated heterocycles. The molecule has 0 spiro atoms. The minimum Gasteiger partial charge on any atom is -0.361 e. The summed E-state index contributed by atoms with van der Waals surface area (Å²) in [5, 5.41) is 38.3. The Morgan fingerprint density at radius 3 is 1.41 bits per heavy atom. The molecule has 132 valence electrons. The van der Waals surface area contributed by atoms with E-state index in [2.05, 4.69) is 9.47 Å². The van der Waals surface area contributed by atoms with E-state index < -0.39 is 41.4 Å². The van der Waals surface area contributed by atoms with Crippen LogP contribution in [0.2, 0.25) is 0 Å². The maximum Gasteiger partial charge on any atom is 0.449 e. The van der Waals surface area contributed by atoms with Crippen molar-refractivity contribution >= 4 is 0 Å². The van der Waals surface area contributed by atoms with Crippen LogP contribution in [0, 0.1) is 5.92 Å². The summed E-state index contributed by atoms with van der Waals surface area (Å²) in [6.45, 7) is 1.55. The molecule has 0 aromatic rings. The number of rotatable bonds is 1. The summed E-state index contributed by atoms with van der Waals surface area (Å²) in [5.74, 6) is -19.4. The van der Waals surface area contributed by atoms with Crippen LogP contribution in [0.25, 0.3) is 0 Å². The van der Waals surface area contributed by atoms with Crippen molar-refractivity contribution < 1.29 is 56.2 Å². The van der Waals surface area contributed by atoms with Gasteiger partial charge in [-0.05, 0) is 6.92 Å². The quantitative estimate of drug-likeness (QED) is 0.520. The second-order valence-electron chi connectivity index (χ2n) is 5.32. The standard InChI is InChI=1S/C10H14F6O6/c1-4(2)6(18)8(20,10(14,15)16)21-5(3,17)7(19,22-6)9(11,12)13/h4,17-20H,1-3H3/t5?,6-,7+,8+/m0/s1. The number of hydrogen-bond acceptors (Lipinski definition) is 6. The average Bonchev–Trinajstić information content (AvgIpc) is 2.22. The molecule has 0 aromatic carbocycles. The van der Waals surface area contributed by atoms with E-state index in [4.69, 9.17) is 0 Å². The summed E-state index contributed by atoms with van der Waals surface area (Å²) in [7, 11) is 0. The first-order valence-corrected chi connectivity index (χ1v) is 5.79. The molecular formula is C10H14F6O6. The SMILES string of the molecule is CC(C)[C@]1(O)O[C@@](O)(C(F)(F)F)C(C)(O)O[C@@]1(O)C(F)(F)F. The van der Waals surface area contributed by atoms with E-state index in [0.717, 1.165) is 13.8 Å². The van der Waals surface area contributed by atoms with Gasteiger partial charge in [0.1, 0.15) is 0 Å². The van der Waals surface area contributed by atoms with Crippen LogP contribution in [0.15, 0.2) is 0 Å². The van der Waals surface area contributed by atoms with Crippen molar-refractivity contribution in [2.45, 2.75) is 56.3 Å². The van der Waals surface area contributed by atoms with Crippen LogP contribution in [0.1, 0.15) is 20.8 Å². The molecule has 1 heterocycles. The minimum absolute atomic E-state index is 0.00287. The van der Waals surface area contributed by atoms with Crippen LogP contribution in [-0.4, -0.2) is 55.9 Å². The molecule has 1 unspecified atom stereocenters. The number of aliphatic hydroxyl groups is 4. The largest absolute Gasteiger partial charge is 0.449 e. The summed E-state index contributed by atoms with van der Waals surface area (Å²) >= 11 is 0. The highest BCUT2D eigenvalue weighted by atomic mass is 19.4. The van der Waals surface area contributed by atoms with E-state index in [-0.39, 0.29) is 6.92 Å². The van der Waals surface area contributed by atoms with Crippen molar-refractivity contribution in [3.05, 3.63) is 0 Å². The van der Waals surface area contributed by atoms with Gasteiger partial charge in [-0.25, -0.2) is 0 Å². The molecule has 0 amide bonds. The molecular weight excluding hydrogens is 330 g/mol. The lowest BCUT2D eigenvalue weighted by Crippen LogP contribution is -2.82. The van der Waals surface area contributed by atoms with Crippen LogP contribution in [0.4, 0.5) is 26.3 Å². The van der Waals surface area contributed by atoms with Crippen LogP contribution < -0.4 is 0 Å². The fraction of sp³-hybridized carbons (Fsp3) is 1.00. The minimum atomic E-state index is -5.86. The van der Waals surface area contributed by atoms with Gasteiger partial charge >= 0.3 is 23.9 Å². The predicted octanol–water partition coefficient (Wildman–Crippen LogP) is 0.588. The van der Waals surface area contributed by atoms with E-state index in [0.29, 0.717) is 0 Å². The Morgan fingerprint density at radius 2 is 1.14 bits per heavy atom. The molecule has 1 aliphatic heterocycles. The van der Waals surface area contributed by atoms with E-state index in [1.54, 1.807) is 0 Å². The lowest BCUT2D eigenvalue weighted by atomic mass is 9.88. The highest BCUT2D eigenvalue weighted by Crippen LogP contribution is 2.56. The van der Waals surface area contributed by atoms with E-state index >= 15 is 0 Å². The molecule has 0 bridgehead atoms. The number of hydrogen-bond donors (Lipinski definition) is 4. The van der Waals surface area contributed by atoms with Gasteiger partial charge in [-0.3, -0.25) is 4.74 Å². The van der Waals surface area contributed by atoms with Gasteiger partial charge < -0.3 is 25.2 Å². The number of halogens is 6. The summed E-state index contributed by atoms with van der Waals surface area (Å²) in [4.78, 5) is 0. The fourth-order valence-electron chi connectivity index (χ4n) is 1.91. The third-order valence-corrected chi connectivity index (χ3v) is 3.32. The summed E-state index contributed by atoms with van der Waals surface area (Å²) in [6.07, 6.45) is -11.7. The third kappa shape index (κ3) is 2.29. The zero-order chi connectivity index (χ0) is 18.0. The van der Waals surface area contributed by atoms with E-state index in [1.807, 2.05) is 0 Å². The van der Waals surface area contributed by atoms with Crippen LogP contribution in [0.3, 0.4) is 0 Å². The zero-order valence-electron chi connectivity index (χ0n) is 11.5. The van der Waals surface area contributed by atoms with Crippen LogP contribution >= 0.6 is 0 Å². The van der Waals surface area contributed by atoms with Gasteiger partial charge in [0.05, 0.1) is 0 Å². The topological polar surface area (TPSA) is 99.4 Å². The Balaban J connectivity index is 3.61. The molecule has 12 heteroatoms. The average molecular weight is 344 g/mol. The van der Waals surface area contributed by atoms with Crippen molar-refractivity contribution in [3.8, 4) is 0 Å². The summed E-state index contributed by atoms with van der Waals surface area (Å²) in [6, 6.07) is 0. The smallest absolute Gasteiger partial charge is 0.361 e. The molecule has 0 aliphatic carbocycles. The van der Waals surface area contributed by atoms with Crippen molar-refractivity contribution in [1.82, 2.24) is 0 Å². The second-order valence-corrected chi connectivity index (χ2v) is 5.32. The van der Waals surface area contributed by atoms with E-state index in [1.165, 1.54) is 0 Å². The molecule has 0 aromatic heterocycles. The van der Waals surface area contributed by atoms with Gasteiger partial charge in [0, 0.05) is 5.92 Å². The highest BCUT2D eigenvalue weighted by Gasteiger charge is 2.83. The van der Waals surface area contributed by atoms with Crippen LogP contribution in [-0.2, 0) is 9.47 Å². The van der Waals surface area contributed by atoms with Gasteiger partial charge in [-0.2, -0.15) is 26.3 Å². The van der Waals surface area contributed by atoms with Gasteiger partial charge in [0.2, 0.25) is 11.6 Å². The summed E-state index contributed by atoms with van der Waals surface area (Å²) in [5.41, 5.74) is 0. The van der Waals surface area contributed by atoms with Crippen molar-refractivity contribution in [1.29, 1.82) is 0 Å². The molecule has 0 saturated carbocycles. The molecule has 1 rings (SSSR count). The predicted molar refractivity (Wildman–Crippen MR) is 54.6 cm³/mol. The molecule has 6 nitrogen and oxygen atoms in total. The lowest BCUT2D eigenvalue weighted by Gasteiger charge is -2.57. The molecule has 1 aliphatic rings. The Hall–Kier alpha value is -0.660. The molecule has 0 radical (unpaired) electrons. The lowest BCUT2D eigenvalue weighted by molar-refractivity contribution is -0.624. The maximum atomic E-state index is 13.0. The first-order valence-electron chi connectivity index (χ1n) is 5.79. The normalized spacial score (nSPS) is 44.5. The van der Waals surface area contributed by atoms with Crippen LogP contribution in [0.5, 0.6) is 0 Å². The van der Waals surface area contributed by atoms with Gasteiger partial charge in [0.15, 0.2) is 0 Å². The Labute approximate surface area is 119 Å². The second kappa shape index (κ2) is 4.68. The van der Waals surface area contributed by atoms with E-state index in [9.17, 15) is 46.8 Å². The zero-order valence-corrected chi connectivity index (χ0v) is 11.5. The van der Waals surface area contributed by atoms with Crippen molar-refractivity contribution in [2.24, 2.45) is 5.92 Å². The monoisotopic (exact) mass is 344 g/mol. The van der Waals surface area contributed by atoms with Gasteiger partial charge in [-0.15, -0.1) is 0 Å². The number of alkyl halides is 6. The molecule has 22 heavy (non-hydrogen) atoms. The molecule has 4 N–H and O–H groups in total. The molecule has 1 fully saturated rings. The summed E-state index contributed by atoms with van der Waals surface area (Å²) < 4.78 is 85.1. The first kappa shape index (κ1) is 19.4. The third-order valence-electron chi connectivity index (χ3n) is 3.32.